The summed E-state index contributed by atoms with van der Waals surface area (Å²) in [5.74, 6) is -0.442. The normalized spacial score (nSPS) is 11.9. The summed E-state index contributed by atoms with van der Waals surface area (Å²) in [6, 6.07) is 12.3. The third kappa shape index (κ3) is 5.13. The Hall–Kier alpha value is -1.76. The van der Waals surface area contributed by atoms with Crippen LogP contribution < -0.4 is 9.62 Å². The molecule has 0 fully saturated rings. The molecule has 0 radical (unpaired) electrons. The van der Waals surface area contributed by atoms with Gasteiger partial charge < -0.3 is 5.32 Å². The molecule has 2 aromatic carbocycles. The zero-order valence-corrected chi connectivity index (χ0v) is 17.0. The summed E-state index contributed by atoms with van der Waals surface area (Å²) in [4.78, 5) is 12.5. The lowest BCUT2D eigenvalue weighted by atomic mass is 10.1. The second-order valence-corrected chi connectivity index (χ2v) is 9.42. The summed E-state index contributed by atoms with van der Waals surface area (Å²) >= 11 is 12.1. The molecule has 5 nitrogen and oxygen atoms in total. The summed E-state index contributed by atoms with van der Waals surface area (Å²) in [6.45, 7) is 5.04. The van der Waals surface area contributed by atoms with Crippen molar-refractivity contribution in [3.63, 3.8) is 0 Å². The number of nitrogens with zero attached hydrogens (tertiary/aromatic N) is 1. The molecule has 0 saturated carbocycles. The van der Waals surface area contributed by atoms with Gasteiger partial charge >= 0.3 is 0 Å². The van der Waals surface area contributed by atoms with Gasteiger partial charge in [-0.25, -0.2) is 8.42 Å². The Morgan fingerprint density at radius 1 is 1.08 bits per heavy atom. The molecule has 2 rings (SSSR count). The van der Waals surface area contributed by atoms with Crippen LogP contribution in [0.2, 0.25) is 10.0 Å². The van der Waals surface area contributed by atoms with Crippen molar-refractivity contribution in [1.82, 2.24) is 5.32 Å². The maximum absolute atomic E-state index is 13.1. The van der Waals surface area contributed by atoms with Crippen molar-refractivity contribution in [2.24, 2.45) is 0 Å². The lowest BCUT2D eigenvalue weighted by molar-refractivity contribution is -0.121. The number of amides is 1. The first-order valence-electron chi connectivity index (χ1n) is 7.84. The fraction of sp³-hybridized carbons (Fsp3) is 0.278. The van der Waals surface area contributed by atoms with E-state index in [-0.39, 0.29) is 15.6 Å². The van der Waals surface area contributed by atoms with Crippen LogP contribution in [0.5, 0.6) is 0 Å². The number of nitrogens with one attached hydrogen (secondary N) is 1. The minimum atomic E-state index is -4.00. The third-order valence-corrected chi connectivity index (χ3v) is 5.62. The molecule has 0 aromatic heterocycles. The van der Waals surface area contributed by atoms with Gasteiger partial charge in [0.2, 0.25) is 5.91 Å². The molecule has 26 heavy (non-hydrogen) atoms. The van der Waals surface area contributed by atoms with Crippen molar-refractivity contribution in [3.05, 3.63) is 58.6 Å². The van der Waals surface area contributed by atoms with Gasteiger partial charge in [-0.3, -0.25) is 9.10 Å². The largest absolute Gasteiger partial charge is 0.350 e. The fourth-order valence-electron chi connectivity index (χ4n) is 2.29. The quantitative estimate of drug-likeness (QED) is 0.800. The Morgan fingerprint density at radius 2 is 1.69 bits per heavy atom. The molecule has 1 N–H and O–H groups in total. The molecule has 0 saturated heterocycles. The highest BCUT2D eigenvalue weighted by molar-refractivity contribution is 7.92. The van der Waals surface area contributed by atoms with Gasteiger partial charge in [0, 0.05) is 10.6 Å². The number of hydrogen-bond donors (Lipinski definition) is 1. The fourth-order valence-corrected chi connectivity index (χ4v) is 4.31. The van der Waals surface area contributed by atoms with Crippen molar-refractivity contribution < 1.29 is 13.2 Å². The molecule has 0 bridgehead atoms. The van der Waals surface area contributed by atoms with Crippen LogP contribution in [0.3, 0.4) is 0 Å². The van der Waals surface area contributed by atoms with E-state index in [1.807, 2.05) is 20.8 Å². The molecular weight excluding hydrogens is 395 g/mol. The summed E-state index contributed by atoms with van der Waals surface area (Å²) in [5.41, 5.74) is -0.313. The van der Waals surface area contributed by atoms with E-state index in [2.05, 4.69) is 5.32 Å². The summed E-state index contributed by atoms with van der Waals surface area (Å²) < 4.78 is 27.2. The minimum Gasteiger partial charge on any atom is -0.350 e. The first-order valence-corrected chi connectivity index (χ1v) is 10.0. The van der Waals surface area contributed by atoms with E-state index in [0.717, 1.165) is 4.31 Å². The predicted molar refractivity (Wildman–Crippen MR) is 105 cm³/mol. The minimum absolute atomic E-state index is 0.0644. The second kappa shape index (κ2) is 7.86. The van der Waals surface area contributed by atoms with Crippen LogP contribution in [0.4, 0.5) is 5.69 Å². The third-order valence-electron chi connectivity index (χ3n) is 3.31. The monoisotopic (exact) mass is 414 g/mol. The zero-order chi connectivity index (χ0) is 19.5. The highest BCUT2D eigenvalue weighted by Gasteiger charge is 2.29. The van der Waals surface area contributed by atoms with Gasteiger partial charge in [-0.2, -0.15) is 0 Å². The maximum atomic E-state index is 13.1. The Labute approximate surface area is 164 Å². The van der Waals surface area contributed by atoms with Crippen molar-refractivity contribution >= 4 is 44.8 Å². The number of rotatable bonds is 5. The molecule has 0 aliphatic carbocycles. The zero-order valence-electron chi connectivity index (χ0n) is 14.7. The van der Waals surface area contributed by atoms with Gasteiger partial charge in [0.25, 0.3) is 10.0 Å². The van der Waals surface area contributed by atoms with Crippen LogP contribution in [0.25, 0.3) is 0 Å². The van der Waals surface area contributed by atoms with Gasteiger partial charge in [-0.1, -0.05) is 41.4 Å². The smallest absolute Gasteiger partial charge is 0.264 e. The summed E-state index contributed by atoms with van der Waals surface area (Å²) in [5, 5.41) is 3.27. The van der Waals surface area contributed by atoms with Crippen molar-refractivity contribution in [2.75, 3.05) is 10.8 Å². The predicted octanol–water partition coefficient (Wildman–Crippen LogP) is 4.10. The number of carbonyl (C=O) groups is 1. The van der Waals surface area contributed by atoms with Gasteiger partial charge in [0.05, 0.1) is 15.6 Å². The lowest BCUT2D eigenvalue weighted by Crippen LogP contribution is -2.47. The van der Waals surface area contributed by atoms with Crippen molar-refractivity contribution in [3.8, 4) is 0 Å². The Morgan fingerprint density at radius 3 is 2.23 bits per heavy atom. The van der Waals surface area contributed by atoms with Gasteiger partial charge in [0.15, 0.2) is 0 Å². The van der Waals surface area contributed by atoms with E-state index < -0.39 is 28.0 Å². The summed E-state index contributed by atoms with van der Waals surface area (Å²) in [6.07, 6.45) is 0. The average Bonchev–Trinajstić information content (AvgIpc) is 2.52. The average molecular weight is 415 g/mol. The van der Waals surface area contributed by atoms with Crippen molar-refractivity contribution in [2.45, 2.75) is 31.2 Å². The Kier molecular flexibility index (Phi) is 6.21. The molecule has 1 amide bonds. The highest BCUT2D eigenvalue weighted by Crippen LogP contribution is 2.32. The van der Waals surface area contributed by atoms with Crippen LogP contribution in [0.1, 0.15) is 20.8 Å². The molecule has 0 heterocycles. The van der Waals surface area contributed by atoms with E-state index in [1.165, 1.54) is 30.3 Å². The topological polar surface area (TPSA) is 66.5 Å². The maximum Gasteiger partial charge on any atom is 0.264 e. The van der Waals surface area contributed by atoms with Gasteiger partial charge in [0.1, 0.15) is 6.54 Å². The Balaban J connectivity index is 2.50. The van der Waals surface area contributed by atoms with E-state index >= 15 is 0 Å². The SMILES string of the molecule is CC(C)(C)NC(=O)CN(c1ccc(Cl)cc1Cl)S(=O)(=O)c1ccccc1. The molecule has 0 spiro atoms. The number of sulfonamides is 1. The number of carbonyl (C=O) groups excluding carboxylic acids is 1. The van der Waals surface area contributed by atoms with E-state index in [9.17, 15) is 13.2 Å². The van der Waals surface area contributed by atoms with Crippen molar-refractivity contribution in [1.29, 1.82) is 0 Å². The lowest BCUT2D eigenvalue weighted by Gasteiger charge is -2.27. The van der Waals surface area contributed by atoms with E-state index in [4.69, 9.17) is 23.2 Å². The highest BCUT2D eigenvalue weighted by atomic mass is 35.5. The first-order chi connectivity index (χ1) is 12.0. The van der Waals surface area contributed by atoms with Gasteiger partial charge in [-0.15, -0.1) is 0 Å². The molecule has 0 unspecified atom stereocenters. The molecule has 0 atom stereocenters. The van der Waals surface area contributed by atoms with Gasteiger partial charge in [-0.05, 0) is 51.1 Å². The van der Waals surface area contributed by atoms with Crippen LogP contribution in [-0.2, 0) is 14.8 Å². The first kappa shape index (κ1) is 20.6. The number of halogens is 2. The second-order valence-electron chi connectivity index (χ2n) is 6.72. The number of benzene rings is 2. The molecular formula is C18H20Cl2N2O3S. The molecule has 2 aromatic rings. The summed E-state index contributed by atoms with van der Waals surface area (Å²) in [7, 11) is -4.00. The Bertz CT molecular complexity index is 894. The van der Waals surface area contributed by atoms with Crippen LogP contribution >= 0.6 is 23.2 Å². The van der Waals surface area contributed by atoms with E-state index in [0.29, 0.717) is 5.02 Å². The molecule has 0 aliphatic heterocycles. The number of anilines is 1. The number of hydrogen-bond acceptors (Lipinski definition) is 3. The molecule has 0 aliphatic rings. The molecule has 8 heteroatoms. The van der Waals surface area contributed by atoms with Crippen LogP contribution in [0, 0.1) is 0 Å². The van der Waals surface area contributed by atoms with Crippen LogP contribution in [-0.4, -0.2) is 26.4 Å². The molecule has 140 valence electrons. The van der Waals surface area contributed by atoms with E-state index in [1.54, 1.807) is 18.2 Å². The standard InChI is InChI=1S/C18H20Cl2N2O3S/c1-18(2,3)21-17(23)12-22(16-10-9-13(19)11-15(16)20)26(24,25)14-7-5-4-6-8-14/h4-11H,12H2,1-3H3,(H,21,23). The van der Waals surface area contributed by atoms with Crippen LogP contribution in [0.15, 0.2) is 53.4 Å².